The van der Waals surface area contributed by atoms with Crippen molar-refractivity contribution in [2.24, 2.45) is 0 Å². The first-order valence-corrected chi connectivity index (χ1v) is 6.21. The predicted octanol–water partition coefficient (Wildman–Crippen LogP) is 3.78. The largest absolute Gasteiger partial charge is 0.586 e. The van der Waals surface area contributed by atoms with Crippen molar-refractivity contribution in [3.8, 4) is 17.2 Å². The molecule has 2 N–H and O–H groups in total. The third-order valence-electron chi connectivity index (χ3n) is 2.92. The molecule has 0 saturated heterocycles. The summed E-state index contributed by atoms with van der Waals surface area (Å²) in [5, 5.41) is 18.2. The fourth-order valence-electron chi connectivity index (χ4n) is 1.97. The zero-order chi connectivity index (χ0) is 15.2. The van der Waals surface area contributed by atoms with Crippen LogP contribution >= 0.6 is 11.6 Å². The average molecular weight is 312 g/mol. The number of phenolic OH excluding ortho intramolecular Hbond substituents is 1. The molecule has 0 aromatic heterocycles. The number of hydrogen-bond acceptors (Lipinski definition) is 4. The molecule has 0 saturated carbocycles. The average Bonchev–Trinajstić information content (AvgIpc) is 2.73. The second-order valence-electron chi connectivity index (χ2n) is 4.37. The van der Waals surface area contributed by atoms with Crippen molar-refractivity contribution in [2.45, 2.75) is 6.29 Å². The summed E-state index contributed by atoms with van der Waals surface area (Å²) in [6.07, 6.45) is -3.71. The van der Waals surface area contributed by atoms with Gasteiger partial charge < -0.3 is 14.6 Å². The molecule has 3 rings (SSSR count). The Morgan fingerprint density at radius 2 is 1.81 bits per heavy atom. The summed E-state index contributed by atoms with van der Waals surface area (Å²) in [7, 11) is 0. The van der Waals surface area contributed by atoms with Crippen LogP contribution in [0.1, 0.15) is 11.1 Å². The molecule has 0 spiro atoms. The van der Waals surface area contributed by atoms with Crippen LogP contribution in [0.3, 0.4) is 0 Å². The smallest absolute Gasteiger partial charge is 0.507 e. The van der Waals surface area contributed by atoms with Gasteiger partial charge in [-0.25, -0.2) is 0 Å². The number of phenols is 1. The van der Waals surface area contributed by atoms with E-state index in [2.05, 4.69) is 9.47 Å². The summed E-state index contributed by atoms with van der Waals surface area (Å²) in [4.78, 5) is 0. The Labute approximate surface area is 123 Å². The van der Waals surface area contributed by atoms with Crippen LogP contribution in [0, 0.1) is 5.41 Å². The fourth-order valence-corrected chi connectivity index (χ4v) is 2.14. The number of benzene rings is 2. The third kappa shape index (κ3) is 2.50. The van der Waals surface area contributed by atoms with E-state index in [9.17, 15) is 13.9 Å². The molecule has 4 nitrogen and oxygen atoms in total. The molecule has 1 aliphatic heterocycles. The van der Waals surface area contributed by atoms with E-state index in [1.807, 2.05) is 0 Å². The number of alkyl halides is 2. The molecule has 0 fully saturated rings. The monoisotopic (exact) mass is 311 g/mol. The Bertz CT molecular complexity index is 749. The van der Waals surface area contributed by atoms with Gasteiger partial charge in [-0.2, -0.15) is 0 Å². The van der Waals surface area contributed by atoms with Crippen LogP contribution in [0.25, 0.3) is 0 Å². The number of rotatable bonds is 2. The van der Waals surface area contributed by atoms with Gasteiger partial charge in [-0.3, -0.25) is 5.41 Å². The van der Waals surface area contributed by atoms with Crippen LogP contribution in [0.4, 0.5) is 8.78 Å². The van der Waals surface area contributed by atoms with E-state index >= 15 is 0 Å². The Kier molecular flexibility index (Phi) is 2.98. The molecule has 0 unspecified atom stereocenters. The molecule has 2 aromatic rings. The SMILES string of the molecule is N=C(c1ccc2c(c1)OC(F)(F)O2)c1cc(Cl)ccc1O. The van der Waals surface area contributed by atoms with Crippen LogP contribution in [0.15, 0.2) is 36.4 Å². The highest BCUT2D eigenvalue weighted by molar-refractivity contribution is 6.31. The van der Waals surface area contributed by atoms with E-state index in [1.54, 1.807) is 0 Å². The first-order chi connectivity index (χ1) is 9.85. The van der Waals surface area contributed by atoms with E-state index in [0.717, 1.165) is 0 Å². The molecule has 0 amide bonds. The molecular formula is C14H8ClF2NO3. The lowest BCUT2D eigenvalue weighted by molar-refractivity contribution is -0.286. The predicted molar refractivity (Wildman–Crippen MR) is 71.7 cm³/mol. The summed E-state index contributed by atoms with van der Waals surface area (Å²) >= 11 is 5.83. The van der Waals surface area contributed by atoms with Gasteiger partial charge in [0.1, 0.15) is 5.75 Å². The topological polar surface area (TPSA) is 62.5 Å². The molecule has 1 heterocycles. The summed E-state index contributed by atoms with van der Waals surface area (Å²) in [6, 6.07) is 8.20. The zero-order valence-electron chi connectivity index (χ0n) is 10.4. The molecule has 0 radical (unpaired) electrons. The van der Waals surface area contributed by atoms with E-state index in [4.69, 9.17) is 17.0 Å². The minimum Gasteiger partial charge on any atom is -0.507 e. The molecule has 108 valence electrons. The standard InChI is InChI=1S/C14H8ClF2NO3/c15-8-2-3-10(19)9(6-8)13(18)7-1-4-11-12(5-7)21-14(16,17)20-11/h1-6,18-19H. The maximum atomic E-state index is 13.0. The summed E-state index contributed by atoms with van der Waals surface area (Å²) in [6.45, 7) is 0. The lowest BCUT2D eigenvalue weighted by Gasteiger charge is -2.08. The summed E-state index contributed by atoms with van der Waals surface area (Å²) in [5.41, 5.74) is 0.400. The summed E-state index contributed by atoms with van der Waals surface area (Å²) < 4.78 is 34.5. The molecule has 21 heavy (non-hydrogen) atoms. The van der Waals surface area contributed by atoms with Crippen molar-refractivity contribution in [3.05, 3.63) is 52.5 Å². The highest BCUT2D eigenvalue weighted by Gasteiger charge is 2.43. The molecule has 0 bridgehead atoms. The number of aromatic hydroxyl groups is 1. The Morgan fingerprint density at radius 3 is 2.57 bits per heavy atom. The maximum absolute atomic E-state index is 13.0. The van der Waals surface area contributed by atoms with Crippen LogP contribution in [0.2, 0.25) is 5.02 Å². The first kappa shape index (κ1) is 13.6. The molecular weight excluding hydrogens is 304 g/mol. The van der Waals surface area contributed by atoms with Gasteiger partial charge in [0.25, 0.3) is 0 Å². The van der Waals surface area contributed by atoms with E-state index in [1.165, 1.54) is 36.4 Å². The highest BCUT2D eigenvalue weighted by Crippen LogP contribution is 2.41. The number of fused-ring (bicyclic) bond motifs is 1. The van der Waals surface area contributed by atoms with Gasteiger partial charge >= 0.3 is 6.29 Å². The Morgan fingerprint density at radius 1 is 1.10 bits per heavy atom. The van der Waals surface area contributed by atoms with Gasteiger partial charge in [-0.1, -0.05) is 11.6 Å². The third-order valence-corrected chi connectivity index (χ3v) is 3.15. The highest BCUT2D eigenvalue weighted by atomic mass is 35.5. The van der Waals surface area contributed by atoms with E-state index < -0.39 is 6.29 Å². The van der Waals surface area contributed by atoms with Gasteiger partial charge in [0.2, 0.25) is 0 Å². The van der Waals surface area contributed by atoms with Crippen LogP contribution < -0.4 is 9.47 Å². The van der Waals surface area contributed by atoms with Gasteiger partial charge in [0.15, 0.2) is 11.5 Å². The zero-order valence-corrected chi connectivity index (χ0v) is 11.1. The Hall–Kier alpha value is -2.34. The fraction of sp³-hybridized carbons (Fsp3) is 0.0714. The van der Waals surface area contributed by atoms with Crippen LogP contribution in [-0.4, -0.2) is 17.1 Å². The first-order valence-electron chi connectivity index (χ1n) is 5.83. The number of hydrogen-bond donors (Lipinski definition) is 2. The van der Waals surface area contributed by atoms with Gasteiger partial charge in [-0.15, -0.1) is 8.78 Å². The molecule has 2 aromatic carbocycles. The number of halogens is 3. The second-order valence-corrected chi connectivity index (χ2v) is 4.80. The van der Waals surface area contributed by atoms with Crippen LogP contribution in [-0.2, 0) is 0 Å². The van der Waals surface area contributed by atoms with Crippen molar-refractivity contribution in [1.29, 1.82) is 5.41 Å². The normalized spacial score (nSPS) is 15.0. The van der Waals surface area contributed by atoms with Crippen LogP contribution in [0.5, 0.6) is 17.2 Å². The van der Waals surface area contributed by atoms with Crippen molar-refractivity contribution >= 4 is 17.3 Å². The lowest BCUT2D eigenvalue weighted by Crippen LogP contribution is -2.25. The number of nitrogens with one attached hydrogen (secondary N) is 1. The van der Waals surface area contributed by atoms with Gasteiger partial charge in [0, 0.05) is 16.1 Å². The molecule has 7 heteroatoms. The van der Waals surface area contributed by atoms with Crippen molar-refractivity contribution < 1.29 is 23.4 Å². The maximum Gasteiger partial charge on any atom is 0.586 e. The van der Waals surface area contributed by atoms with Gasteiger partial charge in [0.05, 0.1) is 5.71 Å². The lowest BCUT2D eigenvalue weighted by atomic mass is 10.0. The van der Waals surface area contributed by atoms with E-state index in [0.29, 0.717) is 5.02 Å². The number of ether oxygens (including phenoxy) is 2. The van der Waals surface area contributed by atoms with E-state index in [-0.39, 0.29) is 34.1 Å². The summed E-state index contributed by atoms with van der Waals surface area (Å²) in [5.74, 6) is -0.400. The minimum absolute atomic E-state index is 0.0726. The van der Waals surface area contributed by atoms with Crippen molar-refractivity contribution in [3.63, 3.8) is 0 Å². The second kappa shape index (κ2) is 4.60. The van der Waals surface area contributed by atoms with Gasteiger partial charge in [-0.05, 0) is 36.4 Å². The molecule has 0 aliphatic carbocycles. The quantitative estimate of drug-likeness (QED) is 0.830. The minimum atomic E-state index is -3.71. The van der Waals surface area contributed by atoms with Crippen molar-refractivity contribution in [2.75, 3.05) is 0 Å². The Balaban J connectivity index is 1.99. The van der Waals surface area contributed by atoms with Crippen molar-refractivity contribution in [1.82, 2.24) is 0 Å². The molecule has 1 aliphatic rings. The molecule has 0 atom stereocenters.